The highest BCUT2D eigenvalue weighted by Crippen LogP contribution is 2.51. The van der Waals surface area contributed by atoms with Gasteiger partial charge in [0.1, 0.15) is 23.7 Å². The van der Waals surface area contributed by atoms with E-state index in [1.54, 1.807) is 22.9 Å². The first-order valence-corrected chi connectivity index (χ1v) is 12.9. The van der Waals surface area contributed by atoms with E-state index >= 15 is 4.39 Å². The van der Waals surface area contributed by atoms with Crippen molar-refractivity contribution < 1.29 is 9.13 Å². The van der Waals surface area contributed by atoms with Gasteiger partial charge in [-0.2, -0.15) is 4.98 Å². The van der Waals surface area contributed by atoms with Crippen molar-refractivity contribution in [2.24, 2.45) is 0 Å². The fourth-order valence-electron chi connectivity index (χ4n) is 4.51. The number of ether oxygens (including phenoxy) is 1. The first-order valence-electron chi connectivity index (χ1n) is 10.5. The van der Waals surface area contributed by atoms with Gasteiger partial charge in [0.15, 0.2) is 0 Å². The molecule has 2 atom stereocenters. The van der Waals surface area contributed by atoms with Gasteiger partial charge in [0.25, 0.3) is 0 Å². The van der Waals surface area contributed by atoms with E-state index in [1.807, 2.05) is 48.7 Å². The summed E-state index contributed by atoms with van der Waals surface area (Å²) >= 11 is 11.4. The van der Waals surface area contributed by atoms with E-state index in [1.165, 1.54) is 17.8 Å². The topological polar surface area (TPSA) is 52.0 Å². The zero-order chi connectivity index (χ0) is 23.4. The molecule has 0 aliphatic carbocycles. The maximum atomic E-state index is 15.3. The summed E-state index contributed by atoms with van der Waals surface area (Å²) in [5.74, 6) is 0.904. The number of thioether (sulfide) groups is 1. The fraction of sp³-hybridized carbons (Fsp3) is 0.120. The summed E-state index contributed by atoms with van der Waals surface area (Å²) in [7, 11) is 0. The van der Waals surface area contributed by atoms with Crippen LogP contribution < -0.4 is 10.1 Å². The van der Waals surface area contributed by atoms with Gasteiger partial charge in [-0.3, -0.25) is 0 Å². The summed E-state index contributed by atoms with van der Waals surface area (Å²) in [6.45, 7) is 0. The van der Waals surface area contributed by atoms with Crippen LogP contribution in [0.15, 0.2) is 81.9 Å². The van der Waals surface area contributed by atoms with Crippen molar-refractivity contribution in [2.75, 3.05) is 11.6 Å². The van der Waals surface area contributed by atoms with Gasteiger partial charge in [0.2, 0.25) is 11.1 Å². The van der Waals surface area contributed by atoms with Crippen molar-refractivity contribution in [1.82, 2.24) is 14.8 Å². The van der Waals surface area contributed by atoms with Crippen LogP contribution in [0.4, 0.5) is 10.3 Å². The Morgan fingerprint density at radius 3 is 2.76 bits per heavy atom. The number of hydrogen-bond donors (Lipinski definition) is 1. The van der Waals surface area contributed by atoms with Crippen LogP contribution in [0.5, 0.6) is 5.75 Å². The van der Waals surface area contributed by atoms with E-state index in [0.717, 1.165) is 26.9 Å². The van der Waals surface area contributed by atoms with Crippen LogP contribution in [0.25, 0.3) is 5.70 Å². The molecule has 170 valence electrons. The minimum absolute atomic E-state index is 0.321. The molecular weight excluding hydrogens is 539 g/mol. The monoisotopic (exact) mass is 554 g/mol. The molecule has 1 aromatic heterocycles. The third kappa shape index (κ3) is 3.52. The number of rotatable bonds is 3. The van der Waals surface area contributed by atoms with Gasteiger partial charge in [-0.1, -0.05) is 69.6 Å². The first-order chi connectivity index (χ1) is 16.5. The summed E-state index contributed by atoms with van der Waals surface area (Å²) in [4.78, 5) is 4.64. The number of halogens is 3. The number of fused-ring (bicyclic) bond motifs is 3. The number of anilines is 1. The van der Waals surface area contributed by atoms with Gasteiger partial charge in [0.05, 0.1) is 5.70 Å². The third-order valence-electron chi connectivity index (χ3n) is 5.95. The number of aromatic nitrogens is 3. The molecule has 0 amide bonds. The van der Waals surface area contributed by atoms with E-state index in [-0.39, 0.29) is 5.82 Å². The second kappa shape index (κ2) is 8.45. The van der Waals surface area contributed by atoms with Gasteiger partial charge in [-0.15, -0.1) is 5.10 Å². The first kappa shape index (κ1) is 21.7. The maximum absolute atomic E-state index is 15.3. The molecule has 2 aliphatic heterocycles. The van der Waals surface area contributed by atoms with E-state index < -0.39 is 12.1 Å². The summed E-state index contributed by atoms with van der Waals surface area (Å²) in [6.07, 6.45) is 1.42. The molecule has 0 bridgehead atoms. The number of nitrogens with one attached hydrogen (secondary N) is 1. The lowest BCUT2D eigenvalue weighted by atomic mass is 9.84. The largest absolute Gasteiger partial charge is 0.480 e. The number of nitrogens with zero attached hydrogens (tertiary/aromatic N) is 3. The van der Waals surface area contributed by atoms with E-state index in [4.69, 9.17) is 21.4 Å². The molecule has 0 saturated carbocycles. The molecule has 3 aromatic carbocycles. The van der Waals surface area contributed by atoms with Crippen molar-refractivity contribution in [3.8, 4) is 5.75 Å². The van der Waals surface area contributed by atoms with E-state index in [9.17, 15) is 0 Å². The normalized spacial score (nSPS) is 18.5. The standard InChI is InChI=1S/C25H17BrClFN4OS/c1-34-25-30-24-29-21-17-12-15(27)9-10-19(17)33-23(13-5-4-6-14(26)11-13)20(21)22(32(24)31-25)16-7-2-3-8-18(16)28/h2-12,22-23H,1H3,(H,29,30,31)/t22-,23-/m1/s1. The smallest absolute Gasteiger partial charge is 0.227 e. The van der Waals surface area contributed by atoms with E-state index in [2.05, 4.69) is 26.2 Å². The fourth-order valence-corrected chi connectivity index (χ4v) is 5.45. The lowest BCUT2D eigenvalue weighted by Crippen LogP contribution is -2.32. The highest BCUT2D eigenvalue weighted by molar-refractivity contribution is 9.10. The molecule has 3 heterocycles. The van der Waals surface area contributed by atoms with Crippen molar-refractivity contribution in [3.05, 3.63) is 104 Å². The highest BCUT2D eigenvalue weighted by Gasteiger charge is 2.42. The molecule has 5 nitrogen and oxygen atoms in total. The van der Waals surface area contributed by atoms with Crippen LogP contribution in [-0.4, -0.2) is 21.0 Å². The lowest BCUT2D eigenvalue weighted by molar-refractivity contribution is 0.222. The van der Waals surface area contributed by atoms with Crippen LogP contribution >= 0.6 is 39.3 Å². The summed E-state index contributed by atoms with van der Waals surface area (Å²) in [6, 6.07) is 19.6. The number of hydrogen-bond acceptors (Lipinski definition) is 5. The summed E-state index contributed by atoms with van der Waals surface area (Å²) in [5, 5.41) is 9.32. The minimum Gasteiger partial charge on any atom is -0.480 e. The molecule has 0 saturated heterocycles. The molecule has 2 aliphatic rings. The Kier molecular flexibility index (Phi) is 5.39. The molecule has 4 aromatic rings. The van der Waals surface area contributed by atoms with Gasteiger partial charge in [-0.05, 0) is 48.2 Å². The molecule has 0 radical (unpaired) electrons. The minimum atomic E-state index is -0.572. The Morgan fingerprint density at radius 1 is 1.12 bits per heavy atom. The SMILES string of the molecule is CSc1nc2n(n1)[C@H](c1ccccc1F)C1=C(N2)c2cc(Cl)ccc2O[C@@H]1c1cccc(Br)c1. The zero-order valence-electron chi connectivity index (χ0n) is 17.8. The zero-order valence-corrected chi connectivity index (χ0v) is 21.0. The second-order valence-corrected chi connectivity index (χ2v) is 10.1. The van der Waals surface area contributed by atoms with Crippen molar-refractivity contribution in [1.29, 1.82) is 0 Å². The molecule has 0 fully saturated rings. The predicted molar refractivity (Wildman–Crippen MR) is 136 cm³/mol. The van der Waals surface area contributed by atoms with Gasteiger partial charge in [0, 0.05) is 26.2 Å². The van der Waals surface area contributed by atoms with Crippen LogP contribution in [-0.2, 0) is 0 Å². The molecular formula is C25H17BrClFN4OS. The summed E-state index contributed by atoms with van der Waals surface area (Å²) < 4.78 is 24.5. The Morgan fingerprint density at radius 2 is 1.97 bits per heavy atom. The predicted octanol–water partition coefficient (Wildman–Crippen LogP) is 7.11. The average Bonchev–Trinajstić information content (AvgIpc) is 3.26. The van der Waals surface area contributed by atoms with Crippen molar-refractivity contribution in [3.63, 3.8) is 0 Å². The van der Waals surface area contributed by atoms with Crippen molar-refractivity contribution >= 4 is 50.9 Å². The number of benzene rings is 3. The lowest BCUT2D eigenvalue weighted by Gasteiger charge is -2.39. The van der Waals surface area contributed by atoms with Crippen LogP contribution in [0.2, 0.25) is 5.02 Å². The quantitative estimate of drug-likeness (QED) is 0.273. The molecule has 34 heavy (non-hydrogen) atoms. The molecule has 9 heteroatoms. The average molecular weight is 556 g/mol. The van der Waals surface area contributed by atoms with E-state index in [0.29, 0.717) is 27.4 Å². The second-order valence-electron chi connectivity index (χ2n) is 7.94. The van der Waals surface area contributed by atoms with Crippen LogP contribution in [0, 0.1) is 5.82 Å². The summed E-state index contributed by atoms with van der Waals surface area (Å²) in [5.41, 5.74) is 3.86. The third-order valence-corrected chi connectivity index (χ3v) is 7.21. The van der Waals surface area contributed by atoms with Gasteiger partial charge >= 0.3 is 0 Å². The maximum Gasteiger partial charge on any atom is 0.227 e. The Hall–Kier alpha value is -2.81. The Labute approximate surface area is 213 Å². The van der Waals surface area contributed by atoms with Crippen LogP contribution in [0.1, 0.15) is 28.8 Å². The van der Waals surface area contributed by atoms with Gasteiger partial charge in [-0.25, -0.2) is 9.07 Å². The molecule has 1 N–H and O–H groups in total. The molecule has 0 unspecified atom stereocenters. The molecule has 0 spiro atoms. The molecule has 6 rings (SSSR count). The Balaban J connectivity index is 1.67. The Bertz CT molecular complexity index is 1470. The van der Waals surface area contributed by atoms with Crippen molar-refractivity contribution in [2.45, 2.75) is 17.3 Å². The van der Waals surface area contributed by atoms with Gasteiger partial charge < -0.3 is 10.1 Å². The van der Waals surface area contributed by atoms with Crippen LogP contribution in [0.3, 0.4) is 0 Å². The highest BCUT2D eigenvalue weighted by atomic mass is 79.9.